The minimum Gasteiger partial charge on any atom is -0.474 e. The summed E-state index contributed by atoms with van der Waals surface area (Å²) >= 11 is 1.64. The van der Waals surface area contributed by atoms with Crippen molar-refractivity contribution in [1.29, 1.82) is 0 Å². The SMILES string of the molecule is O=C(Nc1ccc(OC2CCC2)nc1)NC1CCN(c2ncnc3ccsc23)C1. The summed E-state index contributed by atoms with van der Waals surface area (Å²) < 4.78 is 6.83. The molecule has 2 N–H and O–H groups in total. The van der Waals surface area contributed by atoms with Gasteiger partial charge in [-0.15, -0.1) is 11.3 Å². The van der Waals surface area contributed by atoms with Crippen LogP contribution in [0.5, 0.6) is 5.88 Å². The molecular weight excluding hydrogens is 388 g/mol. The second-order valence-electron chi connectivity index (χ2n) is 7.42. The second-order valence-corrected chi connectivity index (χ2v) is 8.33. The molecule has 1 aliphatic carbocycles. The van der Waals surface area contributed by atoms with Gasteiger partial charge in [0.15, 0.2) is 0 Å². The molecule has 5 rings (SSSR count). The molecule has 0 aromatic carbocycles. The summed E-state index contributed by atoms with van der Waals surface area (Å²) in [4.78, 5) is 27.6. The lowest BCUT2D eigenvalue weighted by Crippen LogP contribution is -2.39. The van der Waals surface area contributed by atoms with E-state index in [1.807, 2.05) is 17.5 Å². The number of carbonyl (C=O) groups is 1. The second kappa shape index (κ2) is 7.82. The molecule has 1 saturated carbocycles. The van der Waals surface area contributed by atoms with Crippen LogP contribution in [0.2, 0.25) is 0 Å². The lowest BCUT2D eigenvalue weighted by Gasteiger charge is -2.25. The van der Waals surface area contributed by atoms with Gasteiger partial charge in [-0.25, -0.2) is 19.7 Å². The van der Waals surface area contributed by atoms with Gasteiger partial charge in [0.2, 0.25) is 5.88 Å². The first-order chi connectivity index (χ1) is 14.2. The van der Waals surface area contributed by atoms with E-state index in [0.29, 0.717) is 17.7 Å². The molecular formula is C20H22N6O2S. The van der Waals surface area contributed by atoms with Gasteiger partial charge in [0.05, 0.1) is 22.1 Å². The molecule has 0 radical (unpaired) electrons. The zero-order chi connectivity index (χ0) is 19.6. The number of pyridine rings is 1. The number of carbonyl (C=O) groups excluding carboxylic acids is 1. The Bertz CT molecular complexity index is 1000. The highest BCUT2D eigenvalue weighted by molar-refractivity contribution is 7.17. The molecule has 29 heavy (non-hydrogen) atoms. The number of hydrogen-bond donors (Lipinski definition) is 2. The van der Waals surface area contributed by atoms with E-state index in [1.165, 1.54) is 6.42 Å². The van der Waals surface area contributed by atoms with E-state index in [-0.39, 0.29) is 12.1 Å². The van der Waals surface area contributed by atoms with Crippen molar-refractivity contribution >= 4 is 39.1 Å². The van der Waals surface area contributed by atoms with Crippen LogP contribution >= 0.6 is 11.3 Å². The number of hydrogen-bond acceptors (Lipinski definition) is 7. The highest BCUT2D eigenvalue weighted by Gasteiger charge is 2.26. The van der Waals surface area contributed by atoms with Gasteiger partial charge in [0.25, 0.3) is 0 Å². The number of ether oxygens (including phenoxy) is 1. The van der Waals surface area contributed by atoms with Crippen molar-refractivity contribution in [3.05, 3.63) is 36.1 Å². The van der Waals surface area contributed by atoms with Crippen LogP contribution in [0.1, 0.15) is 25.7 Å². The normalized spacial score (nSPS) is 19.2. The van der Waals surface area contributed by atoms with Crippen molar-refractivity contribution in [3.8, 4) is 5.88 Å². The Morgan fingerprint density at radius 2 is 2.10 bits per heavy atom. The van der Waals surface area contributed by atoms with Crippen molar-refractivity contribution in [2.24, 2.45) is 0 Å². The Morgan fingerprint density at radius 1 is 1.17 bits per heavy atom. The van der Waals surface area contributed by atoms with Crippen LogP contribution in [-0.4, -0.2) is 46.2 Å². The zero-order valence-corrected chi connectivity index (χ0v) is 16.7. The number of fused-ring (bicyclic) bond motifs is 1. The predicted molar refractivity (Wildman–Crippen MR) is 113 cm³/mol. The first kappa shape index (κ1) is 18.1. The van der Waals surface area contributed by atoms with Gasteiger partial charge in [-0.1, -0.05) is 0 Å². The van der Waals surface area contributed by atoms with Crippen LogP contribution in [0.4, 0.5) is 16.3 Å². The van der Waals surface area contributed by atoms with E-state index in [1.54, 1.807) is 29.9 Å². The highest BCUT2D eigenvalue weighted by atomic mass is 32.1. The van der Waals surface area contributed by atoms with Crippen LogP contribution in [0.25, 0.3) is 10.2 Å². The number of nitrogens with one attached hydrogen (secondary N) is 2. The molecule has 2 aliphatic rings. The maximum Gasteiger partial charge on any atom is 0.319 e. The van der Waals surface area contributed by atoms with Crippen LogP contribution in [0.3, 0.4) is 0 Å². The van der Waals surface area contributed by atoms with Gasteiger partial charge < -0.3 is 20.3 Å². The van der Waals surface area contributed by atoms with E-state index < -0.39 is 0 Å². The first-order valence-electron chi connectivity index (χ1n) is 9.88. The summed E-state index contributed by atoms with van der Waals surface area (Å²) in [6.45, 7) is 1.58. The van der Waals surface area contributed by atoms with Crippen LogP contribution in [0, 0.1) is 0 Å². The molecule has 3 aromatic rings. The van der Waals surface area contributed by atoms with Gasteiger partial charge in [-0.3, -0.25) is 0 Å². The fraction of sp³-hybridized carbons (Fsp3) is 0.400. The number of amides is 2. The molecule has 1 saturated heterocycles. The lowest BCUT2D eigenvalue weighted by molar-refractivity contribution is 0.114. The number of aromatic nitrogens is 3. The Labute approximate surface area is 172 Å². The standard InChI is InChI=1S/C20H22N6O2S/c27-20(24-13-4-5-17(21-10-13)28-15-2-1-3-15)25-14-6-8-26(11-14)19-18-16(7-9-29-18)22-12-23-19/h4-5,7,9-10,12,14-15H,1-3,6,8,11H2,(H2,24,25,27). The van der Waals surface area contributed by atoms with Crippen molar-refractivity contribution in [2.75, 3.05) is 23.3 Å². The molecule has 1 aliphatic heterocycles. The topological polar surface area (TPSA) is 92.3 Å². The molecule has 8 nitrogen and oxygen atoms in total. The number of thiophene rings is 1. The average Bonchev–Trinajstić information content (AvgIpc) is 3.35. The van der Waals surface area contributed by atoms with Crippen molar-refractivity contribution in [3.63, 3.8) is 0 Å². The van der Waals surface area contributed by atoms with Crippen molar-refractivity contribution < 1.29 is 9.53 Å². The van der Waals surface area contributed by atoms with Gasteiger partial charge in [-0.2, -0.15) is 0 Å². The third-order valence-electron chi connectivity index (χ3n) is 5.38. The highest BCUT2D eigenvalue weighted by Crippen LogP contribution is 2.30. The van der Waals surface area contributed by atoms with E-state index in [2.05, 4.69) is 30.5 Å². The minimum absolute atomic E-state index is 0.0640. The maximum absolute atomic E-state index is 12.4. The Kier molecular flexibility index (Phi) is 4.89. The Morgan fingerprint density at radius 3 is 2.90 bits per heavy atom. The fourth-order valence-electron chi connectivity index (χ4n) is 3.61. The van der Waals surface area contributed by atoms with Crippen LogP contribution < -0.4 is 20.3 Å². The molecule has 1 atom stereocenters. The molecule has 150 valence electrons. The van der Waals surface area contributed by atoms with E-state index in [9.17, 15) is 4.79 Å². The monoisotopic (exact) mass is 410 g/mol. The fourth-order valence-corrected chi connectivity index (χ4v) is 4.47. The molecule has 1 unspecified atom stereocenters. The van der Waals surface area contributed by atoms with Crippen molar-refractivity contribution in [1.82, 2.24) is 20.3 Å². The molecule has 0 bridgehead atoms. The predicted octanol–water partition coefficient (Wildman–Crippen LogP) is 3.42. The van der Waals surface area contributed by atoms with E-state index in [4.69, 9.17) is 4.74 Å². The van der Waals surface area contributed by atoms with Crippen molar-refractivity contribution in [2.45, 2.75) is 37.8 Å². The third kappa shape index (κ3) is 3.95. The van der Waals surface area contributed by atoms with Crippen LogP contribution in [0.15, 0.2) is 36.1 Å². The van der Waals surface area contributed by atoms with Gasteiger partial charge >= 0.3 is 6.03 Å². The summed E-state index contributed by atoms with van der Waals surface area (Å²) in [5, 5.41) is 7.92. The summed E-state index contributed by atoms with van der Waals surface area (Å²) in [6, 6.07) is 5.45. The molecule has 3 aromatic heterocycles. The first-order valence-corrected chi connectivity index (χ1v) is 10.8. The number of rotatable bonds is 5. The van der Waals surface area contributed by atoms with Gasteiger partial charge in [0.1, 0.15) is 18.2 Å². The molecule has 4 heterocycles. The minimum atomic E-state index is -0.227. The summed E-state index contributed by atoms with van der Waals surface area (Å²) in [5.41, 5.74) is 1.61. The quantitative estimate of drug-likeness (QED) is 0.670. The number of anilines is 2. The molecule has 2 fully saturated rings. The molecule has 9 heteroatoms. The summed E-state index contributed by atoms with van der Waals surface area (Å²) in [6.07, 6.45) is 7.80. The van der Waals surface area contributed by atoms with Gasteiger partial charge in [-0.05, 0) is 43.2 Å². The summed E-state index contributed by atoms with van der Waals surface area (Å²) in [5.74, 6) is 1.55. The number of urea groups is 1. The average molecular weight is 411 g/mol. The van der Waals surface area contributed by atoms with E-state index >= 15 is 0 Å². The Hall–Kier alpha value is -2.94. The lowest BCUT2D eigenvalue weighted by atomic mass is 9.96. The zero-order valence-electron chi connectivity index (χ0n) is 15.9. The Balaban J connectivity index is 1.15. The van der Waals surface area contributed by atoms with E-state index in [0.717, 1.165) is 48.4 Å². The number of nitrogens with zero attached hydrogens (tertiary/aromatic N) is 4. The smallest absolute Gasteiger partial charge is 0.319 e. The largest absolute Gasteiger partial charge is 0.474 e. The van der Waals surface area contributed by atoms with Gasteiger partial charge in [0, 0.05) is 25.2 Å². The molecule has 0 spiro atoms. The van der Waals surface area contributed by atoms with Crippen LogP contribution in [-0.2, 0) is 0 Å². The third-order valence-corrected chi connectivity index (χ3v) is 6.28. The maximum atomic E-state index is 12.4. The summed E-state index contributed by atoms with van der Waals surface area (Å²) in [7, 11) is 0. The molecule has 2 amide bonds.